The van der Waals surface area contributed by atoms with Gasteiger partial charge in [-0.3, -0.25) is 4.79 Å². The molecule has 4 N–H and O–H groups in total. The summed E-state index contributed by atoms with van der Waals surface area (Å²) < 4.78 is 55.4. The summed E-state index contributed by atoms with van der Waals surface area (Å²) in [5, 5.41) is 11.0. The van der Waals surface area contributed by atoms with Crippen LogP contribution in [0.4, 0.5) is 8.78 Å². The van der Waals surface area contributed by atoms with E-state index < -0.39 is 38.8 Å². The molecule has 1 aromatic heterocycles. The van der Waals surface area contributed by atoms with E-state index in [1.54, 1.807) is 24.3 Å². The van der Waals surface area contributed by atoms with Gasteiger partial charge in [0.05, 0.1) is 22.3 Å². The molecule has 0 saturated heterocycles. The number of H-pyrrole nitrogens is 1. The molecule has 0 bridgehead atoms. The maximum Gasteiger partial charge on any atom is 0.283 e. The minimum Gasteiger partial charge on any atom is -0.506 e. The van der Waals surface area contributed by atoms with Crippen LogP contribution in [0.15, 0.2) is 76.0 Å². The van der Waals surface area contributed by atoms with Gasteiger partial charge in [0, 0.05) is 17.2 Å². The van der Waals surface area contributed by atoms with Crippen LogP contribution < -0.4 is 5.73 Å². The number of rotatable bonds is 6. The average Bonchev–Trinajstić information content (AvgIpc) is 3.22. The van der Waals surface area contributed by atoms with Gasteiger partial charge in [-0.1, -0.05) is 24.3 Å². The molecule has 172 valence electrons. The first kappa shape index (κ1) is 22.8. The Balaban J connectivity index is 1.94. The molecule has 1 heterocycles. The molecule has 0 radical (unpaired) electrons. The number of aliphatic hydroxyl groups is 1. The second kappa shape index (κ2) is 8.87. The fourth-order valence-electron chi connectivity index (χ4n) is 3.32. The zero-order valence-corrected chi connectivity index (χ0v) is 18.1. The van der Waals surface area contributed by atoms with Crippen molar-refractivity contribution in [1.82, 2.24) is 9.97 Å². The number of halogens is 2. The molecule has 0 aliphatic heterocycles. The monoisotopic (exact) mass is 482 g/mol. The van der Waals surface area contributed by atoms with Crippen molar-refractivity contribution in [3.05, 3.63) is 95.3 Å². The minimum atomic E-state index is -4.17. The summed E-state index contributed by atoms with van der Waals surface area (Å²) >= 11 is 0. The summed E-state index contributed by atoms with van der Waals surface area (Å²) in [6, 6.07) is 14.0. The van der Waals surface area contributed by atoms with E-state index in [-0.39, 0.29) is 21.8 Å². The lowest BCUT2D eigenvalue weighted by atomic mass is 9.98. The summed E-state index contributed by atoms with van der Waals surface area (Å²) in [4.78, 5) is 20.4. The Bertz CT molecular complexity index is 1540. The molecule has 0 spiro atoms. The number of aromatic amines is 1. The number of aliphatic hydroxyl groups excluding tert-OH is 1. The highest BCUT2D eigenvalue weighted by atomic mass is 32.2. The van der Waals surface area contributed by atoms with Crippen LogP contribution in [0.5, 0.6) is 0 Å². The number of nitrogens with two attached hydrogens (primary N) is 1. The Morgan fingerprint density at radius 1 is 1.00 bits per heavy atom. The smallest absolute Gasteiger partial charge is 0.283 e. The second-order valence-corrected chi connectivity index (χ2v) is 8.70. The van der Waals surface area contributed by atoms with Crippen LogP contribution in [0, 0.1) is 11.6 Å². The van der Waals surface area contributed by atoms with Crippen LogP contribution in [0.1, 0.15) is 21.7 Å². The molecular weight excluding hydrogens is 466 g/mol. The fourth-order valence-corrected chi connectivity index (χ4v) is 4.12. The van der Waals surface area contributed by atoms with Crippen molar-refractivity contribution in [2.45, 2.75) is 4.90 Å². The number of imidazole rings is 1. The van der Waals surface area contributed by atoms with E-state index in [1.807, 2.05) is 0 Å². The van der Waals surface area contributed by atoms with Crippen molar-refractivity contribution in [3.8, 4) is 0 Å². The first-order valence-electron chi connectivity index (χ1n) is 9.70. The number of hydrogen-bond donors (Lipinski definition) is 3. The highest BCUT2D eigenvalue weighted by Crippen LogP contribution is 2.29. The molecule has 0 aliphatic carbocycles. The van der Waals surface area contributed by atoms with Gasteiger partial charge in [-0.25, -0.2) is 13.8 Å². The number of Topliss-reactive ketones (excluding diaryl/α,β-unsaturated/α-hetero) is 1. The van der Waals surface area contributed by atoms with Gasteiger partial charge in [-0.05, 0) is 36.4 Å². The number of para-hydroxylation sites is 2. The number of carbonyl (C=O) groups excluding carboxylic acids is 1. The lowest BCUT2D eigenvalue weighted by Gasteiger charge is -2.10. The molecular formula is C23H16F2N4O4S. The number of benzene rings is 3. The van der Waals surface area contributed by atoms with Crippen LogP contribution in [0.2, 0.25) is 0 Å². The predicted octanol–water partition coefficient (Wildman–Crippen LogP) is 3.83. The summed E-state index contributed by atoms with van der Waals surface area (Å²) in [6.07, 6.45) is 0.605. The van der Waals surface area contributed by atoms with Crippen LogP contribution in [-0.2, 0) is 10.0 Å². The molecule has 0 saturated carbocycles. The SMILES string of the molecule is NC=NS(=O)(=O)c1cccc(C(=O)C(=C(O)c2cc(F)cc(F)c2)c2nc3ccccc3[nH]2)c1. The molecule has 0 amide bonds. The second-order valence-electron chi connectivity index (χ2n) is 7.07. The Morgan fingerprint density at radius 2 is 1.71 bits per heavy atom. The molecule has 0 fully saturated rings. The predicted molar refractivity (Wildman–Crippen MR) is 123 cm³/mol. The fraction of sp³-hybridized carbons (Fsp3) is 0. The number of nitrogens with zero attached hydrogens (tertiary/aromatic N) is 2. The zero-order chi connectivity index (χ0) is 24.5. The highest BCUT2D eigenvalue weighted by molar-refractivity contribution is 7.90. The lowest BCUT2D eigenvalue weighted by Crippen LogP contribution is -2.09. The number of hydrogen-bond acceptors (Lipinski definition) is 5. The maximum absolute atomic E-state index is 13.8. The third-order valence-electron chi connectivity index (χ3n) is 4.82. The van der Waals surface area contributed by atoms with Crippen LogP contribution in [0.3, 0.4) is 0 Å². The van der Waals surface area contributed by atoms with Crippen LogP contribution >= 0.6 is 0 Å². The first-order valence-corrected chi connectivity index (χ1v) is 11.1. The number of allylic oxidation sites excluding steroid dienone is 1. The lowest BCUT2D eigenvalue weighted by molar-refractivity contribution is 0.105. The largest absolute Gasteiger partial charge is 0.506 e. The van der Waals surface area contributed by atoms with Crippen molar-refractivity contribution < 1.29 is 27.1 Å². The molecule has 4 rings (SSSR count). The van der Waals surface area contributed by atoms with E-state index in [1.165, 1.54) is 18.2 Å². The molecule has 4 aromatic rings. The van der Waals surface area contributed by atoms with Crippen molar-refractivity contribution in [1.29, 1.82) is 0 Å². The molecule has 8 nitrogen and oxygen atoms in total. The summed E-state index contributed by atoms with van der Waals surface area (Å²) in [6.45, 7) is 0. The Labute approximate surface area is 192 Å². The Morgan fingerprint density at radius 3 is 2.38 bits per heavy atom. The number of sulfonamides is 1. The van der Waals surface area contributed by atoms with Crippen molar-refractivity contribution >= 4 is 44.5 Å². The first-order chi connectivity index (χ1) is 16.2. The molecule has 0 aliphatic rings. The van der Waals surface area contributed by atoms with Gasteiger partial charge in [-0.15, -0.1) is 0 Å². The molecule has 0 atom stereocenters. The Kier molecular flexibility index (Phi) is 5.95. The third-order valence-corrected chi connectivity index (χ3v) is 6.07. The van der Waals surface area contributed by atoms with Gasteiger partial charge in [0.15, 0.2) is 0 Å². The van der Waals surface area contributed by atoms with E-state index in [9.17, 15) is 27.1 Å². The van der Waals surface area contributed by atoms with Crippen molar-refractivity contribution in [3.63, 3.8) is 0 Å². The summed E-state index contributed by atoms with van der Waals surface area (Å²) in [5.41, 5.74) is 5.22. The minimum absolute atomic E-state index is 0.0818. The average molecular weight is 482 g/mol. The summed E-state index contributed by atoms with van der Waals surface area (Å²) in [5.74, 6) is -3.62. The normalized spacial score (nSPS) is 12.8. The Hall–Kier alpha value is -4.38. The van der Waals surface area contributed by atoms with Gasteiger partial charge >= 0.3 is 0 Å². The summed E-state index contributed by atoms with van der Waals surface area (Å²) in [7, 11) is -4.17. The van der Waals surface area contributed by atoms with Crippen molar-refractivity contribution in [2.75, 3.05) is 0 Å². The standard InChI is InChI=1S/C23H16F2N4O4S/c24-15-8-14(9-16(25)11-15)22(31)20(23-28-18-6-1-2-7-19(18)29-23)21(30)13-4-3-5-17(10-13)34(32,33)27-12-26/h1-12,31H,(H2,26,27)(H,28,29). The van der Waals surface area contributed by atoms with E-state index in [0.29, 0.717) is 23.4 Å². The van der Waals surface area contributed by atoms with Gasteiger partial charge in [0.25, 0.3) is 10.0 Å². The number of aromatic nitrogens is 2. The quantitative estimate of drug-likeness (QED) is 0.126. The zero-order valence-electron chi connectivity index (χ0n) is 17.2. The van der Waals surface area contributed by atoms with Crippen LogP contribution in [0.25, 0.3) is 22.4 Å². The van der Waals surface area contributed by atoms with E-state index >= 15 is 0 Å². The number of ketones is 1. The van der Waals surface area contributed by atoms with E-state index in [2.05, 4.69) is 14.4 Å². The van der Waals surface area contributed by atoms with Crippen LogP contribution in [-0.4, -0.2) is 35.6 Å². The number of nitrogens with one attached hydrogen (secondary N) is 1. The van der Waals surface area contributed by atoms with Gasteiger partial charge in [-0.2, -0.15) is 12.8 Å². The van der Waals surface area contributed by atoms with Crippen molar-refractivity contribution in [2.24, 2.45) is 10.1 Å². The molecule has 11 heteroatoms. The van der Waals surface area contributed by atoms with Gasteiger partial charge in [0.1, 0.15) is 28.8 Å². The maximum atomic E-state index is 13.8. The molecule has 34 heavy (non-hydrogen) atoms. The molecule has 0 unspecified atom stereocenters. The van der Waals surface area contributed by atoms with Gasteiger partial charge < -0.3 is 15.8 Å². The molecule has 3 aromatic carbocycles. The van der Waals surface area contributed by atoms with E-state index in [0.717, 1.165) is 18.2 Å². The number of fused-ring (bicyclic) bond motifs is 1. The van der Waals surface area contributed by atoms with E-state index in [4.69, 9.17) is 5.73 Å². The topological polar surface area (TPSA) is 138 Å². The number of carbonyl (C=O) groups is 1. The third kappa shape index (κ3) is 4.41. The highest BCUT2D eigenvalue weighted by Gasteiger charge is 2.25. The van der Waals surface area contributed by atoms with Gasteiger partial charge in [0.2, 0.25) is 5.78 Å².